The molecule has 0 N–H and O–H groups in total. The van der Waals surface area contributed by atoms with Crippen LogP contribution < -0.4 is 0 Å². The summed E-state index contributed by atoms with van der Waals surface area (Å²) >= 11 is 4.19. The molecule has 1 aliphatic carbocycles. The summed E-state index contributed by atoms with van der Waals surface area (Å²) < 4.78 is 2.11. The first-order valence-corrected chi connectivity index (χ1v) is 5.18. The Bertz CT molecular complexity index is 251. The van der Waals surface area contributed by atoms with Crippen LogP contribution >= 0.6 is 12.6 Å². The van der Waals surface area contributed by atoms with Crippen LogP contribution in [-0.4, -0.2) is 9.78 Å². The van der Waals surface area contributed by atoms with Crippen LogP contribution in [0.2, 0.25) is 0 Å². The summed E-state index contributed by atoms with van der Waals surface area (Å²) in [7, 11) is 0. The zero-order chi connectivity index (χ0) is 8.39. The number of hydrogen-bond acceptors (Lipinski definition) is 2. The normalized spacial score (nSPS) is 18.8. The summed E-state index contributed by atoms with van der Waals surface area (Å²) in [6.45, 7) is 0. The summed E-state index contributed by atoms with van der Waals surface area (Å²) in [5.74, 6) is 0.750. The summed E-state index contributed by atoms with van der Waals surface area (Å²) in [5, 5.41) is 4.45. The molecule has 0 bridgehead atoms. The Kier molecular flexibility index (Phi) is 2.40. The third kappa shape index (κ3) is 1.51. The van der Waals surface area contributed by atoms with Crippen molar-refractivity contribution in [2.75, 3.05) is 0 Å². The fourth-order valence-corrected chi connectivity index (χ4v) is 2.00. The molecular weight excluding hydrogens is 168 g/mol. The Morgan fingerprint density at radius 1 is 1.50 bits per heavy atom. The lowest BCUT2D eigenvalue weighted by Crippen LogP contribution is -2.05. The van der Waals surface area contributed by atoms with E-state index in [4.69, 9.17) is 0 Å². The van der Waals surface area contributed by atoms with Gasteiger partial charge in [-0.1, -0.05) is 12.8 Å². The fourth-order valence-electron chi connectivity index (χ4n) is 1.83. The Balaban J connectivity index is 2.11. The van der Waals surface area contributed by atoms with Crippen molar-refractivity contribution < 1.29 is 0 Å². The molecule has 0 unspecified atom stereocenters. The molecule has 2 rings (SSSR count). The zero-order valence-electron chi connectivity index (χ0n) is 7.11. The highest BCUT2D eigenvalue weighted by Crippen LogP contribution is 2.28. The molecule has 1 fully saturated rings. The molecule has 1 aliphatic rings. The number of nitrogens with zero attached hydrogens (tertiary/aromatic N) is 2. The standard InChI is InChI=1S/C9H14N2S/c12-7-8-5-6-11(10-8)9-3-1-2-4-9/h5-6,9,12H,1-4,7H2. The van der Waals surface area contributed by atoms with Gasteiger partial charge in [0.2, 0.25) is 0 Å². The van der Waals surface area contributed by atoms with Gasteiger partial charge in [0.15, 0.2) is 0 Å². The lowest BCUT2D eigenvalue weighted by molar-refractivity contribution is 0.464. The molecule has 3 heteroatoms. The highest BCUT2D eigenvalue weighted by atomic mass is 32.1. The van der Waals surface area contributed by atoms with Crippen LogP contribution in [0.1, 0.15) is 37.4 Å². The van der Waals surface area contributed by atoms with E-state index in [-0.39, 0.29) is 0 Å². The van der Waals surface area contributed by atoms with Crippen LogP contribution in [0.3, 0.4) is 0 Å². The van der Waals surface area contributed by atoms with Crippen molar-refractivity contribution in [3.63, 3.8) is 0 Å². The lowest BCUT2D eigenvalue weighted by Gasteiger charge is -2.08. The van der Waals surface area contributed by atoms with Gasteiger partial charge in [-0.15, -0.1) is 0 Å². The topological polar surface area (TPSA) is 17.8 Å². The van der Waals surface area contributed by atoms with Crippen molar-refractivity contribution in [1.29, 1.82) is 0 Å². The van der Waals surface area contributed by atoms with Gasteiger partial charge in [0, 0.05) is 11.9 Å². The van der Waals surface area contributed by atoms with E-state index in [1.54, 1.807) is 0 Å². The third-order valence-corrected chi connectivity index (χ3v) is 2.85. The van der Waals surface area contributed by atoms with Crippen LogP contribution in [0, 0.1) is 0 Å². The average Bonchev–Trinajstić information content (AvgIpc) is 2.75. The SMILES string of the molecule is SCc1ccn(C2CCCC2)n1. The molecule has 2 nitrogen and oxygen atoms in total. The van der Waals surface area contributed by atoms with Gasteiger partial charge < -0.3 is 0 Å². The molecule has 0 atom stereocenters. The Labute approximate surface area is 78.4 Å². The second kappa shape index (κ2) is 3.52. The van der Waals surface area contributed by atoms with Gasteiger partial charge in [0.05, 0.1) is 11.7 Å². The largest absolute Gasteiger partial charge is 0.269 e. The first kappa shape index (κ1) is 8.17. The first-order valence-electron chi connectivity index (χ1n) is 4.55. The van der Waals surface area contributed by atoms with Gasteiger partial charge in [-0.05, 0) is 18.9 Å². The second-order valence-electron chi connectivity index (χ2n) is 3.38. The number of aromatic nitrogens is 2. The number of hydrogen-bond donors (Lipinski definition) is 1. The summed E-state index contributed by atoms with van der Waals surface area (Å²) in [6, 6.07) is 2.73. The van der Waals surface area contributed by atoms with Crippen molar-refractivity contribution in [2.45, 2.75) is 37.5 Å². The quantitative estimate of drug-likeness (QED) is 0.695. The maximum absolute atomic E-state index is 4.45. The van der Waals surface area contributed by atoms with Gasteiger partial charge in [-0.3, -0.25) is 4.68 Å². The van der Waals surface area contributed by atoms with Crippen molar-refractivity contribution >= 4 is 12.6 Å². The molecule has 0 saturated heterocycles. The van der Waals surface area contributed by atoms with Crippen molar-refractivity contribution in [2.24, 2.45) is 0 Å². The van der Waals surface area contributed by atoms with Crippen molar-refractivity contribution in [3.05, 3.63) is 18.0 Å². The van der Waals surface area contributed by atoms with E-state index in [9.17, 15) is 0 Å². The Hall–Kier alpha value is -0.440. The predicted molar refractivity (Wildman–Crippen MR) is 52.4 cm³/mol. The molecule has 1 heterocycles. The van der Waals surface area contributed by atoms with E-state index in [0.717, 1.165) is 11.4 Å². The van der Waals surface area contributed by atoms with Crippen molar-refractivity contribution in [3.8, 4) is 0 Å². The summed E-state index contributed by atoms with van der Waals surface area (Å²) in [4.78, 5) is 0. The Morgan fingerprint density at radius 2 is 2.25 bits per heavy atom. The van der Waals surface area contributed by atoms with Crippen LogP contribution in [0.25, 0.3) is 0 Å². The van der Waals surface area contributed by atoms with E-state index < -0.39 is 0 Å². The fraction of sp³-hybridized carbons (Fsp3) is 0.667. The molecule has 1 aromatic heterocycles. The molecule has 1 saturated carbocycles. The van der Waals surface area contributed by atoms with E-state index in [0.29, 0.717) is 6.04 Å². The predicted octanol–water partition coefficient (Wildman–Crippen LogP) is 2.43. The molecule has 1 aromatic rings. The van der Waals surface area contributed by atoms with Crippen LogP contribution in [0.4, 0.5) is 0 Å². The summed E-state index contributed by atoms with van der Waals surface area (Å²) in [6.07, 6.45) is 7.41. The van der Waals surface area contributed by atoms with E-state index in [2.05, 4.69) is 34.7 Å². The van der Waals surface area contributed by atoms with Gasteiger partial charge in [-0.25, -0.2) is 0 Å². The first-order chi connectivity index (χ1) is 5.90. The smallest absolute Gasteiger partial charge is 0.0720 e. The van der Waals surface area contributed by atoms with Gasteiger partial charge in [-0.2, -0.15) is 17.7 Å². The highest BCUT2D eigenvalue weighted by molar-refractivity contribution is 7.79. The molecule has 0 aromatic carbocycles. The minimum Gasteiger partial charge on any atom is -0.269 e. The number of rotatable bonds is 2. The zero-order valence-corrected chi connectivity index (χ0v) is 8.00. The third-order valence-electron chi connectivity index (χ3n) is 2.52. The van der Waals surface area contributed by atoms with E-state index >= 15 is 0 Å². The molecule has 0 spiro atoms. The van der Waals surface area contributed by atoms with E-state index in [1.165, 1.54) is 25.7 Å². The molecule has 0 aliphatic heterocycles. The highest BCUT2D eigenvalue weighted by Gasteiger charge is 2.16. The molecule has 12 heavy (non-hydrogen) atoms. The molecule has 0 amide bonds. The minimum atomic E-state index is 0.665. The summed E-state index contributed by atoms with van der Waals surface area (Å²) in [5.41, 5.74) is 1.09. The lowest BCUT2D eigenvalue weighted by atomic mass is 10.3. The van der Waals surface area contributed by atoms with Gasteiger partial charge in [0.25, 0.3) is 0 Å². The average molecular weight is 182 g/mol. The van der Waals surface area contributed by atoms with Crippen LogP contribution in [-0.2, 0) is 5.75 Å². The number of thiol groups is 1. The molecular formula is C9H14N2S. The maximum atomic E-state index is 4.45. The molecule has 0 radical (unpaired) electrons. The monoisotopic (exact) mass is 182 g/mol. The maximum Gasteiger partial charge on any atom is 0.0720 e. The Morgan fingerprint density at radius 3 is 2.83 bits per heavy atom. The minimum absolute atomic E-state index is 0.665. The van der Waals surface area contributed by atoms with E-state index in [1.807, 2.05) is 0 Å². The second-order valence-corrected chi connectivity index (χ2v) is 3.70. The molecule has 66 valence electrons. The van der Waals surface area contributed by atoms with Crippen molar-refractivity contribution in [1.82, 2.24) is 9.78 Å². The van der Waals surface area contributed by atoms with Crippen LogP contribution in [0.5, 0.6) is 0 Å². The van der Waals surface area contributed by atoms with Gasteiger partial charge in [0.1, 0.15) is 0 Å². The van der Waals surface area contributed by atoms with Gasteiger partial charge >= 0.3 is 0 Å². The van der Waals surface area contributed by atoms with Crippen LogP contribution in [0.15, 0.2) is 12.3 Å².